The molecule has 1 saturated carbocycles. The third-order valence-corrected chi connectivity index (χ3v) is 4.41. The molecule has 2 aliphatic rings. The molecule has 1 heterocycles. The SMILES string of the molecule is CN(CCC1CCNCC1)C(=O)C1CCCC1. The van der Waals surface area contributed by atoms with Crippen LogP contribution in [0.25, 0.3) is 0 Å². The first-order valence-electron chi connectivity index (χ1n) is 7.23. The van der Waals surface area contributed by atoms with Gasteiger partial charge < -0.3 is 10.2 Å². The number of amides is 1. The average molecular weight is 238 g/mol. The van der Waals surface area contributed by atoms with Crippen LogP contribution in [0, 0.1) is 11.8 Å². The normalized spacial score (nSPS) is 22.9. The molecule has 1 amide bonds. The van der Waals surface area contributed by atoms with Crippen LogP contribution in [0.2, 0.25) is 0 Å². The second-order valence-corrected chi connectivity index (χ2v) is 5.72. The van der Waals surface area contributed by atoms with Crippen LogP contribution in [0.15, 0.2) is 0 Å². The van der Waals surface area contributed by atoms with Gasteiger partial charge in [-0.25, -0.2) is 0 Å². The van der Waals surface area contributed by atoms with Gasteiger partial charge in [-0.1, -0.05) is 12.8 Å². The summed E-state index contributed by atoms with van der Waals surface area (Å²) in [5, 5.41) is 3.39. The van der Waals surface area contributed by atoms with Crippen molar-refractivity contribution in [3.8, 4) is 0 Å². The van der Waals surface area contributed by atoms with E-state index in [0.29, 0.717) is 11.8 Å². The minimum atomic E-state index is 0.341. The number of rotatable bonds is 4. The van der Waals surface area contributed by atoms with Gasteiger partial charge in [-0.05, 0) is 51.1 Å². The molecule has 3 heteroatoms. The maximum atomic E-state index is 12.1. The van der Waals surface area contributed by atoms with Gasteiger partial charge in [-0.2, -0.15) is 0 Å². The molecule has 1 saturated heterocycles. The summed E-state index contributed by atoms with van der Waals surface area (Å²) in [6.07, 6.45) is 8.50. The van der Waals surface area contributed by atoms with Crippen molar-refractivity contribution in [1.29, 1.82) is 0 Å². The minimum Gasteiger partial charge on any atom is -0.346 e. The molecule has 0 unspecified atom stereocenters. The molecule has 3 nitrogen and oxygen atoms in total. The van der Waals surface area contributed by atoms with Crippen LogP contribution in [-0.4, -0.2) is 37.5 Å². The summed E-state index contributed by atoms with van der Waals surface area (Å²) in [6, 6.07) is 0. The van der Waals surface area contributed by atoms with Gasteiger partial charge in [0.05, 0.1) is 0 Å². The molecule has 1 aliphatic carbocycles. The van der Waals surface area contributed by atoms with Crippen LogP contribution < -0.4 is 5.32 Å². The summed E-state index contributed by atoms with van der Waals surface area (Å²) in [5.74, 6) is 1.57. The summed E-state index contributed by atoms with van der Waals surface area (Å²) in [7, 11) is 1.99. The second-order valence-electron chi connectivity index (χ2n) is 5.72. The van der Waals surface area contributed by atoms with E-state index in [-0.39, 0.29) is 0 Å². The first-order chi connectivity index (χ1) is 8.27. The van der Waals surface area contributed by atoms with Gasteiger partial charge in [0, 0.05) is 19.5 Å². The van der Waals surface area contributed by atoms with Gasteiger partial charge >= 0.3 is 0 Å². The number of hydrogen-bond acceptors (Lipinski definition) is 2. The molecule has 0 aromatic heterocycles. The lowest BCUT2D eigenvalue weighted by Crippen LogP contribution is -2.35. The van der Waals surface area contributed by atoms with E-state index in [1.165, 1.54) is 32.1 Å². The Hall–Kier alpha value is -0.570. The monoisotopic (exact) mass is 238 g/mol. The fraction of sp³-hybridized carbons (Fsp3) is 0.929. The first kappa shape index (κ1) is 12.9. The van der Waals surface area contributed by atoms with E-state index in [1.54, 1.807) is 0 Å². The van der Waals surface area contributed by atoms with Gasteiger partial charge in [-0.3, -0.25) is 4.79 Å². The predicted molar refractivity (Wildman–Crippen MR) is 69.8 cm³/mol. The van der Waals surface area contributed by atoms with E-state index in [9.17, 15) is 4.79 Å². The topological polar surface area (TPSA) is 32.3 Å². The van der Waals surface area contributed by atoms with E-state index in [4.69, 9.17) is 0 Å². The average Bonchev–Trinajstić information content (AvgIpc) is 2.90. The predicted octanol–water partition coefficient (Wildman–Crippen LogP) is 2.02. The van der Waals surface area contributed by atoms with Gasteiger partial charge in [-0.15, -0.1) is 0 Å². The van der Waals surface area contributed by atoms with Crippen LogP contribution in [0.4, 0.5) is 0 Å². The highest BCUT2D eigenvalue weighted by molar-refractivity contribution is 5.78. The lowest BCUT2D eigenvalue weighted by atomic mass is 9.94. The Labute approximate surface area is 105 Å². The lowest BCUT2D eigenvalue weighted by molar-refractivity contribution is -0.134. The highest BCUT2D eigenvalue weighted by Gasteiger charge is 2.25. The summed E-state index contributed by atoms with van der Waals surface area (Å²) >= 11 is 0. The van der Waals surface area contributed by atoms with Gasteiger partial charge in [0.1, 0.15) is 0 Å². The molecular formula is C14H26N2O. The Kier molecular flexibility index (Phi) is 4.84. The van der Waals surface area contributed by atoms with Crippen LogP contribution in [0.3, 0.4) is 0 Å². The van der Waals surface area contributed by atoms with Crippen molar-refractivity contribution in [3.63, 3.8) is 0 Å². The molecule has 0 bridgehead atoms. The number of nitrogens with one attached hydrogen (secondary N) is 1. The summed E-state index contributed by atoms with van der Waals surface area (Å²) in [5.41, 5.74) is 0. The Bertz CT molecular complexity index is 243. The number of nitrogens with zero attached hydrogens (tertiary/aromatic N) is 1. The fourth-order valence-corrected chi connectivity index (χ4v) is 3.14. The largest absolute Gasteiger partial charge is 0.346 e. The highest BCUT2D eigenvalue weighted by atomic mass is 16.2. The molecule has 1 aliphatic heterocycles. The first-order valence-corrected chi connectivity index (χ1v) is 7.23. The lowest BCUT2D eigenvalue weighted by Gasteiger charge is -2.26. The number of piperidine rings is 1. The zero-order chi connectivity index (χ0) is 12.1. The summed E-state index contributed by atoms with van der Waals surface area (Å²) in [4.78, 5) is 14.1. The standard InChI is InChI=1S/C14H26N2O/c1-16(14(17)13-4-2-3-5-13)11-8-12-6-9-15-10-7-12/h12-13,15H,2-11H2,1H3. The van der Waals surface area contributed by atoms with E-state index >= 15 is 0 Å². The van der Waals surface area contributed by atoms with Crippen molar-refractivity contribution in [1.82, 2.24) is 10.2 Å². The smallest absolute Gasteiger partial charge is 0.225 e. The van der Waals surface area contributed by atoms with Crippen LogP contribution in [0.5, 0.6) is 0 Å². The third-order valence-electron chi connectivity index (χ3n) is 4.41. The molecule has 0 radical (unpaired) electrons. The Balaban J connectivity index is 1.68. The molecule has 17 heavy (non-hydrogen) atoms. The molecule has 2 rings (SSSR count). The van der Waals surface area contributed by atoms with Crippen molar-refractivity contribution in [2.24, 2.45) is 11.8 Å². The number of carbonyl (C=O) groups is 1. The van der Waals surface area contributed by atoms with Gasteiger partial charge in [0.25, 0.3) is 0 Å². The molecule has 0 aromatic carbocycles. The molecule has 0 spiro atoms. The van der Waals surface area contributed by atoms with Crippen molar-refractivity contribution >= 4 is 5.91 Å². The van der Waals surface area contributed by atoms with Crippen LogP contribution in [0.1, 0.15) is 44.9 Å². The van der Waals surface area contributed by atoms with Crippen molar-refractivity contribution in [2.75, 3.05) is 26.7 Å². The third kappa shape index (κ3) is 3.70. The second kappa shape index (κ2) is 6.39. The minimum absolute atomic E-state index is 0.341. The molecule has 1 N–H and O–H groups in total. The molecule has 98 valence electrons. The Morgan fingerprint density at radius 3 is 2.47 bits per heavy atom. The molecular weight excluding hydrogens is 212 g/mol. The van der Waals surface area contributed by atoms with E-state index in [2.05, 4.69) is 5.32 Å². The highest BCUT2D eigenvalue weighted by Crippen LogP contribution is 2.26. The fourth-order valence-electron chi connectivity index (χ4n) is 3.14. The molecule has 0 atom stereocenters. The zero-order valence-electron chi connectivity index (χ0n) is 11.1. The molecule has 0 aromatic rings. The van der Waals surface area contributed by atoms with E-state index in [0.717, 1.165) is 38.4 Å². The maximum Gasteiger partial charge on any atom is 0.225 e. The quantitative estimate of drug-likeness (QED) is 0.812. The van der Waals surface area contributed by atoms with Crippen LogP contribution in [-0.2, 0) is 4.79 Å². The zero-order valence-corrected chi connectivity index (χ0v) is 11.1. The van der Waals surface area contributed by atoms with E-state index < -0.39 is 0 Å². The number of hydrogen-bond donors (Lipinski definition) is 1. The molecule has 2 fully saturated rings. The summed E-state index contributed by atoms with van der Waals surface area (Å²) < 4.78 is 0. The maximum absolute atomic E-state index is 12.1. The van der Waals surface area contributed by atoms with Crippen LogP contribution >= 0.6 is 0 Å². The van der Waals surface area contributed by atoms with E-state index in [1.807, 2.05) is 11.9 Å². The Morgan fingerprint density at radius 1 is 1.18 bits per heavy atom. The van der Waals surface area contributed by atoms with Crippen molar-refractivity contribution in [2.45, 2.75) is 44.9 Å². The Morgan fingerprint density at radius 2 is 1.82 bits per heavy atom. The van der Waals surface area contributed by atoms with Crippen molar-refractivity contribution in [3.05, 3.63) is 0 Å². The number of carbonyl (C=O) groups excluding carboxylic acids is 1. The van der Waals surface area contributed by atoms with Gasteiger partial charge in [0.2, 0.25) is 5.91 Å². The summed E-state index contributed by atoms with van der Waals surface area (Å²) in [6.45, 7) is 3.27. The van der Waals surface area contributed by atoms with Gasteiger partial charge in [0.15, 0.2) is 0 Å². The van der Waals surface area contributed by atoms with Crippen molar-refractivity contribution < 1.29 is 4.79 Å².